The molecule has 0 aromatic heterocycles. The molecule has 0 aliphatic carbocycles. The Kier molecular flexibility index (Phi) is 9.10. The number of nitrogens with one attached hydrogen (secondary N) is 2. The van der Waals surface area contributed by atoms with Crippen LogP contribution < -0.4 is 29.6 Å². The van der Waals surface area contributed by atoms with Gasteiger partial charge in [0, 0.05) is 60.1 Å². The second-order valence-electron chi connectivity index (χ2n) is 12.8. The van der Waals surface area contributed by atoms with Crippen molar-refractivity contribution in [2.45, 2.75) is 83.2 Å². The minimum Gasteiger partial charge on any atom is -0.504 e. The zero-order valence-electron chi connectivity index (χ0n) is 27.8. The summed E-state index contributed by atoms with van der Waals surface area (Å²) in [5.41, 5.74) is 4.42. The molecule has 6 rings (SSSR count). The fourth-order valence-electron chi connectivity index (χ4n) is 8.13. The maximum Gasteiger partial charge on any atom is 0.308 e. The third-order valence-electron chi connectivity index (χ3n) is 10.1. The zero-order valence-corrected chi connectivity index (χ0v) is 28.6. The molecule has 14 heteroatoms. The Morgan fingerprint density at radius 3 is 2.56 bits per heavy atom. The largest absolute Gasteiger partial charge is 0.504 e. The number of aromatic hydroxyl groups is 1. The van der Waals surface area contributed by atoms with E-state index < -0.39 is 42.1 Å². The number of fused-ring (bicyclic) bond motifs is 9. The lowest BCUT2D eigenvalue weighted by molar-refractivity contribution is -0.132. The van der Waals surface area contributed by atoms with Gasteiger partial charge in [0.1, 0.15) is 17.8 Å². The normalized spacial score (nSPS) is 24.3. The second-order valence-corrected chi connectivity index (χ2v) is 13.2. The predicted octanol–water partition coefficient (Wildman–Crippen LogP) is 2.69. The second kappa shape index (κ2) is 13.0. The van der Waals surface area contributed by atoms with Gasteiger partial charge in [-0.2, -0.15) is 5.26 Å². The van der Waals surface area contributed by atoms with E-state index in [0.29, 0.717) is 52.5 Å². The van der Waals surface area contributed by atoms with Gasteiger partial charge < -0.3 is 34.7 Å². The average molecular weight is 682 g/mol. The van der Waals surface area contributed by atoms with Crippen molar-refractivity contribution in [1.82, 2.24) is 20.4 Å². The van der Waals surface area contributed by atoms with Gasteiger partial charge in [0.2, 0.25) is 18.6 Å². The van der Waals surface area contributed by atoms with Crippen LogP contribution in [-0.4, -0.2) is 90.2 Å². The van der Waals surface area contributed by atoms with E-state index in [-0.39, 0.29) is 43.3 Å². The number of rotatable bonds is 8. The number of piperazine rings is 1. The van der Waals surface area contributed by atoms with Gasteiger partial charge >= 0.3 is 5.97 Å². The molecule has 2 aromatic rings. The Labute approximate surface area is 284 Å². The molecular formula is C34H40ClN5O8. The highest BCUT2D eigenvalue weighted by Crippen LogP contribution is 2.58. The lowest BCUT2D eigenvalue weighted by Gasteiger charge is -2.60. The van der Waals surface area contributed by atoms with E-state index in [2.05, 4.69) is 26.5 Å². The number of benzene rings is 2. The van der Waals surface area contributed by atoms with Crippen LogP contribution in [0.2, 0.25) is 0 Å². The molecule has 4 heterocycles. The first-order valence-electron chi connectivity index (χ1n) is 16.0. The number of carbonyl (C=O) groups excluding carboxylic acids is 3. The van der Waals surface area contributed by atoms with E-state index in [1.54, 1.807) is 13.8 Å². The molecule has 48 heavy (non-hydrogen) atoms. The van der Waals surface area contributed by atoms with E-state index in [0.717, 1.165) is 16.7 Å². The maximum atomic E-state index is 13.4. The van der Waals surface area contributed by atoms with Crippen LogP contribution in [0.15, 0.2) is 6.07 Å². The van der Waals surface area contributed by atoms with Gasteiger partial charge in [0.15, 0.2) is 23.0 Å². The van der Waals surface area contributed by atoms with E-state index in [9.17, 15) is 24.8 Å². The van der Waals surface area contributed by atoms with Gasteiger partial charge in [-0.1, -0.05) is 6.07 Å². The van der Waals surface area contributed by atoms with Crippen LogP contribution in [0.5, 0.6) is 28.7 Å². The number of phenols is 1. The quantitative estimate of drug-likeness (QED) is 0.213. The lowest BCUT2D eigenvalue weighted by Crippen LogP contribution is -2.69. The summed E-state index contributed by atoms with van der Waals surface area (Å²) in [5, 5.41) is 28.2. The number of esters is 1. The van der Waals surface area contributed by atoms with E-state index in [4.69, 9.17) is 30.5 Å². The van der Waals surface area contributed by atoms with Crippen molar-refractivity contribution in [3.63, 3.8) is 0 Å². The van der Waals surface area contributed by atoms with Crippen LogP contribution in [0.25, 0.3) is 0 Å². The van der Waals surface area contributed by atoms with Crippen molar-refractivity contribution in [2.24, 2.45) is 0 Å². The van der Waals surface area contributed by atoms with Crippen LogP contribution >= 0.6 is 11.6 Å². The van der Waals surface area contributed by atoms with Crippen molar-refractivity contribution >= 4 is 29.4 Å². The first-order valence-corrected chi connectivity index (χ1v) is 16.5. The smallest absolute Gasteiger partial charge is 0.308 e. The summed E-state index contributed by atoms with van der Waals surface area (Å²) in [4.78, 5) is 42.3. The SMILES string of the molecule is COc1c(C)cc2c(c1O)C1[C@@H]3Cc4c(OC(C)=O)c(C)c5c(c4[C@H](CNC(=O)[C@H](C)NC(=O)CCCl)N3[C@@H](C#N)C(C2)N1C)OCO5. The molecule has 13 nitrogen and oxygen atoms in total. The number of carbonyl (C=O) groups is 3. The summed E-state index contributed by atoms with van der Waals surface area (Å²) in [7, 11) is 3.48. The number of methoxy groups -OCH3 is 1. The highest BCUT2D eigenvalue weighted by Gasteiger charge is 2.57. The molecular weight excluding hydrogens is 642 g/mol. The summed E-state index contributed by atoms with van der Waals surface area (Å²) in [6, 6.07) is 1.39. The first kappa shape index (κ1) is 33.6. The number of ether oxygens (including phenoxy) is 4. The van der Waals surface area contributed by atoms with Gasteiger partial charge in [0.25, 0.3) is 0 Å². The molecule has 0 radical (unpaired) electrons. The molecule has 2 aromatic carbocycles. The fraction of sp³-hybridized carbons (Fsp3) is 0.529. The number of likely N-dealkylation sites (N-methyl/N-ethyl adjacent to an activating group) is 1. The molecule has 4 aliphatic heterocycles. The summed E-state index contributed by atoms with van der Waals surface area (Å²) < 4.78 is 23.4. The van der Waals surface area contributed by atoms with Gasteiger partial charge in [-0.05, 0) is 51.8 Å². The number of phenolic OH excluding ortho intramolecular Hbond substituents is 1. The number of aryl methyl sites for hydroxylation is 1. The van der Waals surface area contributed by atoms with Crippen molar-refractivity contribution in [3.8, 4) is 34.8 Å². The van der Waals surface area contributed by atoms with Gasteiger partial charge in [-0.25, -0.2) is 0 Å². The molecule has 2 amide bonds. The Balaban J connectivity index is 1.52. The summed E-state index contributed by atoms with van der Waals surface area (Å²) in [6.45, 7) is 6.59. The average Bonchev–Trinajstić information content (AvgIpc) is 3.52. The molecule has 0 saturated carbocycles. The molecule has 2 unspecified atom stereocenters. The Hall–Kier alpha value is -4.25. The number of nitrogens with zero attached hydrogens (tertiary/aromatic N) is 3. The van der Waals surface area contributed by atoms with Crippen molar-refractivity contribution in [1.29, 1.82) is 5.26 Å². The first-order chi connectivity index (χ1) is 22.9. The molecule has 1 saturated heterocycles. The Morgan fingerprint density at radius 1 is 1.17 bits per heavy atom. The summed E-state index contributed by atoms with van der Waals surface area (Å²) >= 11 is 5.71. The van der Waals surface area contributed by atoms with Gasteiger partial charge in [-0.15, -0.1) is 11.6 Å². The number of hydrogen-bond donors (Lipinski definition) is 3. The predicted molar refractivity (Wildman–Crippen MR) is 173 cm³/mol. The van der Waals surface area contributed by atoms with Gasteiger partial charge in [0.05, 0.1) is 25.3 Å². The van der Waals surface area contributed by atoms with Crippen LogP contribution in [0.3, 0.4) is 0 Å². The third-order valence-corrected chi connectivity index (χ3v) is 10.3. The molecule has 3 N–H and O–H groups in total. The molecule has 4 aliphatic rings. The molecule has 1 fully saturated rings. The highest BCUT2D eigenvalue weighted by atomic mass is 35.5. The van der Waals surface area contributed by atoms with Crippen LogP contribution in [0.4, 0.5) is 0 Å². The maximum absolute atomic E-state index is 13.4. The number of nitriles is 1. The lowest BCUT2D eigenvalue weighted by atomic mass is 9.71. The third kappa shape index (κ3) is 5.36. The minimum absolute atomic E-state index is 0.0355. The summed E-state index contributed by atoms with van der Waals surface area (Å²) in [5.74, 6) is 0.549. The van der Waals surface area contributed by atoms with Crippen molar-refractivity contribution in [3.05, 3.63) is 39.4 Å². The van der Waals surface area contributed by atoms with E-state index >= 15 is 0 Å². The molecule has 6 atom stereocenters. The van der Waals surface area contributed by atoms with Crippen LogP contribution in [-0.2, 0) is 27.2 Å². The van der Waals surface area contributed by atoms with Crippen LogP contribution in [0.1, 0.15) is 65.7 Å². The monoisotopic (exact) mass is 681 g/mol. The van der Waals surface area contributed by atoms with Gasteiger partial charge in [-0.3, -0.25) is 24.2 Å². The number of hydrogen-bond acceptors (Lipinski definition) is 11. The number of halogens is 1. The molecule has 0 spiro atoms. The fourth-order valence-corrected chi connectivity index (χ4v) is 8.30. The highest BCUT2D eigenvalue weighted by molar-refractivity contribution is 6.19. The molecule has 256 valence electrons. The van der Waals surface area contributed by atoms with Crippen molar-refractivity contribution < 1.29 is 38.4 Å². The zero-order chi connectivity index (χ0) is 34.6. The van der Waals surface area contributed by atoms with Crippen molar-refractivity contribution in [2.75, 3.05) is 33.4 Å². The topological polar surface area (TPSA) is 163 Å². The summed E-state index contributed by atoms with van der Waals surface area (Å²) in [6.07, 6.45) is 0.910. The van der Waals surface area contributed by atoms with E-state index in [1.807, 2.05) is 20.0 Å². The number of alkyl halides is 1. The number of amides is 2. The van der Waals surface area contributed by atoms with E-state index in [1.165, 1.54) is 14.0 Å². The standard InChI is InChI=1S/C34H40ClN5O8/c1-15-9-19-10-21-23(12-36)40-22(28(39(21)5)26(19)29(43)30(15)45-6)11-20-27(24(40)13-37-34(44)17(3)38-25(42)7-8-35)33-32(46-14-47-33)16(2)31(20)48-18(4)41/h9,17,21-24,28,43H,7-8,10-11,13-14H2,1-6H3,(H,37,44)(H,38,42)/t17-,21?,22-,23-,24-,28?/m0/s1. The van der Waals surface area contributed by atoms with Crippen LogP contribution in [0, 0.1) is 25.2 Å². The molecule has 2 bridgehead atoms. The minimum atomic E-state index is -0.849. The Bertz CT molecular complexity index is 1730. The Morgan fingerprint density at radius 2 is 1.90 bits per heavy atom.